The molecule has 1 N–H and O–H groups in total. The number of carbonyl (C=O) groups excluding carboxylic acids is 1. The highest BCUT2D eigenvalue weighted by atomic mass is 19.4. The fourth-order valence-electron chi connectivity index (χ4n) is 1.72. The molecular weight excluding hydrogens is 287 g/mol. The summed E-state index contributed by atoms with van der Waals surface area (Å²) in [6.07, 6.45) is -5.02. The molecule has 1 amide bonds. The predicted molar refractivity (Wildman–Crippen MR) is 69.5 cm³/mol. The molecule has 0 heterocycles. The Morgan fingerprint density at radius 2 is 1.76 bits per heavy atom. The second kappa shape index (κ2) is 6.60. The first kappa shape index (κ1) is 17.0. The van der Waals surface area contributed by atoms with E-state index in [0.29, 0.717) is 10.5 Å². The third kappa shape index (κ3) is 5.09. The Balaban J connectivity index is 2.93. The summed E-state index contributed by atoms with van der Waals surface area (Å²) < 4.78 is 37.7. The quantitative estimate of drug-likeness (QED) is 0.909. The lowest BCUT2D eigenvalue weighted by Crippen LogP contribution is -2.43. The van der Waals surface area contributed by atoms with Crippen LogP contribution in [0.2, 0.25) is 0 Å². The van der Waals surface area contributed by atoms with Crippen LogP contribution in [0.15, 0.2) is 24.3 Å². The van der Waals surface area contributed by atoms with E-state index in [1.165, 1.54) is 6.92 Å². The van der Waals surface area contributed by atoms with Gasteiger partial charge < -0.3 is 10.0 Å². The maximum Gasteiger partial charge on any atom is 0.471 e. The number of alkyl halides is 3. The number of hydrogen-bond acceptors (Lipinski definition) is 2. The highest BCUT2D eigenvalue weighted by Gasteiger charge is 2.43. The molecule has 0 saturated carbocycles. The van der Waals surface area contributed by atoms with E-state index in [9.17, 15) is 22.8 Å². The van der Waals surface area contributed by atoms with Gasteiger partial charge in [-0.1, -0.05) is 36.8 Å². The average molecular weight is 303 g/mol. The molecule has 0 spiro atoms. The minimum absolute atomic E-state index is 0.282. The molecule has 0 bridgehead atoms. The van der Waals surface area contributed by atoms with Crippen LogP contribution in [0.25, 0.3) is 0 Å². The number of aryl methyl sites for hydroxylation is 1. The van der Waals surface area contributed by atoms with Crippen molar-refractivity contribution in [2.75, 3.05) is 6.54 Å². The van der Waals surface area contributed by atoms with E-state index in [4.69, 9.17) is 5.11 Å². The van der Waals surface area contributed by atoms with Gasteiger partial charge in [-0.2, -0.15) is 13.2 Å². The normalized spacial score (nSPS) is 12.8. The average Bonchev–Trinajstić information content (AvgIpc) is 2.38. The molecule has 0 aromatic heterocycles. The summed E-state index contributed by atoms with van der Waals surface area (Å²) in [6, 6.07) is 6.65. The van der Waals surface area contributed by atoms with Crippen molar-refractivity contribution in [1.29, 1.82) is 0 Å². The number of amides is 1. The van der Waals surface area contributed by atoms with E-state index < -0.39 is 30.5 Å². The summed E-state index contributed by atoms with van der Waals surface area (Å²) in [5.41, 5.74) is 1.45. The molecule has 7 heteroatoms. The Bertz CT molecular complexity index is 511. The zero-order valence-electron chi connectivity index (χ0n) is 11.6. The lowest BCUT2D eigenvalue weighted by Gasteiger charge is -2.25. The van der Waals surface area contributed by atoms with Gasteiger partial charge in [0.25, 0.3) is 0 Å². The molecule has 0 aliphatic heterocycles. The third-order valence-corrected chi connectivity index (χ3v) is 2.94. The predicted octanol–water partition coefficient (Wildman–Crippen LogP) is 2.61. The zero-order valence-corrected chi connectivity index (χ0v) is 11.6. The van der Waals surface area contributed by atoms with Crippen LogP contribution in [-0.2, 0) is 16.1 Å². The number of rotatable bonds is 5. The minimum Gasteiger partial charge on any atom is -0.481 e. The number of halogens is 3. The summed E-state index contributed by atoms with van der Waals surface area (Å²) in [4.78, 5) is 22.7. The van der Waals surface area contributed by atoms with Gasteiger partial charge in [0.2, 0.25) is 0 Å². The topological polar surface area (TPSA) is 57.6 Å². The Hall–Kier alpha value is -2.05. The number of hydrogen-bond donors (Lipinski definition) is 1. The van der Waals surface area contributed by atoms with E-state index in [1.807, 2.05) is 6.92 Å². The molecule has 0 aliphatic carbocycles. The standard InChI is InChI=1S/C14H16F3NO3/c1-9-3-5-11(6-4-9)8-18(7-10(2)12(19)20)13(21)14(15,16)17/h3-6,10H,7-8H2,1-2H3,(H,19,20). The lowest BCUT2D eigenvalue weighted by molar-refractivity contribution is -0.187. The first-order valence-electron chi connectivity index (χ1n) is 6.25. The molecular formula is C14H16F3NO3. The smallest absolute Gasteiger partial charge is 0.471 e. The molecule has 1 unspecified atom stereocenters. The summed E-state index contributed by atoms with van der Waals surface area (Å²) in [5.74, 6) is -4.36. The molecule has 1 rings (SSSR count). The number of benzene rings is 1. The van der Waals surface area contributed by atoms with Gasteiger partial charge in [0.1, 0.15) is 0 Å². The molecule has 1 aromatic carbocycles. The van der Waals surface area contributed by atoms with Crippen LogP contribution < -0.4 is 0 Å². The molecule has 0 aliphatic rings. The van der Waals surface area contributed by atoms with Crippen molar-refractivity contribution in [3.63, 3.8) is 0 Å². The van der Waals surface area contributed by atoms with Gasteiger partial charge in [0.15, 0.2) is 0 Å². The van der Waals surface area contributed by atoms with Crippen LogP contribution in [0.4, 0.5) is 13.2 Å². The van der Waals surface area contributed by atoms with Gasteiger partial charge in [-0.15, -0.1) is 0 Å². The molecule has 21 heavy (non-hydrogen) atoms. The minimum atomic E-state index is -5.02. The van der Waals surface area contributed by atoms with Gasteiger partial charge in [-0.25, -0.2) is 0 Å². The van der Waals surface area contributed by atoms with E-state index in [2.05, 4.69) is 0 Å². The fraction of sp³-hybridized carbons (Fsp3) is 0.429. The number of carboxylic acid groups (broad SMARTS) is 1. The molecule has 116 valence electrons. The molecule has 0 fully saturated rings. The number of carboxylic acids is 1. The first-order valence-corrected chi connectivity index (χ1v) is 6.25. The molecule has 0 radical (unpaired) electrons. The number of carbonyl (C=O) groups is 2. The summed E-state index contributed by atoms with van der Waals surface area (Å²) in [7, 11) is 0. The van der Waals surface area contributed by atoms with Gasteiger partial charge in [-0.3, -0.25) is 9.59 Å². The van der Waals surface area contributed by atoms with Crippen LogP contribution in [0.1, 0.15) is 18.1 Å². The van der Waals surface area contributed by atoms with Gasteiger partial charge >= 0.3 is 18.1 Å². The Labute approximate surface area is 120 Å². The SMILES string of the molecule is Cc1ccc(CN(CC(C)C(=O)O)C(=O)C(F)(F)F)cc1. The number of nitrogens with zero attached hydrogens (tertiary/aromatic N) is 1. The van der Waals surface area contributed by atoms with E-state index in [0.717, 1.165) is 5.56 Å². The van der Waals surface area contributed by atoms with Crippen molar-refractivity contribution in [1.82, 2.24) is 4.90 Å². The van der Waals surface area contributed by atoms with Crippen LogP contribution in [0, 0.1) is 12.8 Å². The molecule has 0 saturated heterocycles. The second-order valence-corrected chi connectivity index (χ2v) is 4.91. The van der Waals surface area contributed by atoms with Gasteiger partial charge in [0, 0.05) is 13.1 Å². The van der Waals surface area contributed by atoms with Crippen molar-refractivity contribution in [2.45, 2.75) is 26.6 Å². The van der Waals surface area contributed by atoms with Crippen LogP contribution in [0.5, 0.6) is 0 Å². The highest BCUT2D eigenvalue weighted by molar-refractivity contribution is 5.82. The van der Waals surface area contributed by atoms with E-state index >= 15 is 0 Å². The van der Waals surface area contributed by atoms with Crippen molar-refractivity contribution in [3.05, 3.63) is 35.4 Å². The Morgan fingerprint density at radius 1 is 1.24 bits per heavy atom. The van der Waals surface area contributed by atoms with Crippen LogP contribution in [0.3, 0.4) is 0 Å². The van der Waals surface area contributed by atoms with Gasteiger partial charge in [-0.05, 0) is 12.5 Å². The Morgan fingerprint density at radius 3 is 2.19 bits per heavy atom. The fourth-order valence-corrected chi connectivity index (χ4v) is 1.72. The number of aliphatic carboxylic acids is 1. The van der Waals surface area contributed by atoms with Crippen LogP contribution >= 0.6 is 0 Å². The highest BCUT2D eigenvalue weighted by Crippen LogP contribution is 2.21. The van der Waals surface area contributed by atoms with Crippen molar-refractivity contribution >= 4 is 11.9 Å². The first-order chi connectivity index (χ1) is 9.61. The van der Waals surface area contributed by atoms with Gasteiger partial charge in [0.05, 0.1) is 5.92 Å². The van der Waals surface area contributed by atoms with Crippen molar-refractivity contribution in [2.24, 2.45) is 5.92 Å². The Kier molecular flexibility index (Phi) is 5.34. The monoisotopic (exact) mass is 303 g/mol. The summed E-state index contributed by atoms with van der Waals surface area (Å²) >= 11 is 0. The van der Waals surface area contributed by atoms with Crippen molar-refractivity contribution < 1.29 is 27.9 Å². The zero-order chi connectivity index (χ0) is 16.2. The van der Waals surface area contributed by atoms with E-state index in [-0.39, 0.29) is 6.54 Å². The van der Waals surface area contributed by atoms with Crippen molar-refractivity contribution in [3.8, 4) is 0 Å². The summed E-state index contributed by atoms with van der Waals surface area (Å²) in [6.45, 7) is 2.31. The van der Waals surface area contributed by atoms with E-state index in [1.54, 1.807) is 24.3 Å². The summed E-state index contributed by atoms with van der Waals surface area (Å²) in [5, 5.41) is 8.80. The maximum atomic E-state index is 12.6. The largest absolute Gasteiger partial charge is 0.481 e. The molecule has 1 atom stereocenters. The molecule has 1 aromatic rings. The molecule has 4 nitrogen and oxygen atoms in total. The maximum absolute atomic E-state index is 12.6. The van der Waals surface area contributed by atoms with Crippen LogP contribution in [-0.4, -0.2) is 34.6 Å². The third-order valence-electron chi connectivity index (χ3n) is 2.94. The lowest BCUT2D eigenvalue weighted by atomic mass is 10.1. The second-order valence-electron chi connectivity index (χ2n) is 4.91.